The van der Waals surface area contributed by atoms with Gasteiger partial charge in [0.1, 0.15) is 5.75 Å². The molecular weight excluding hydrogens is 320 g/mol. The fourth-order valence-electron chi connectivity index (χ4n) is 3.46. The van der Waals surface area contributed by atoms with Gasteiger partial charge in [0, 0.05) is 36.6 Å². The van der Waals surface area contributed by atoms with Crippen LogP contribution >= 0.6 is 0 Å². The molecule has 0 bridgehead atoms. The summed E-state index contributed by atoms with van der Waals surface area (Å²) in [5.41, 5.74) is 7.34. The molecule has 3 rings (SSSR count). The maximum Gasteiger partial charge on any atom is 0.234 e. The smallest absolute Gasteiger partial charge is 0.234 e. The summed E-state index contributed by atoms with van der Waals surface area (Å²) in [5, 5.41) is 13.4. The summed E-state index contributed by atoms with van der Waals surface area (Å²) < 4.78 is 0. The van der Waals surface area contributed by atoms with Gasteiger partial charge in [-0.05, 0) is 49.6 Å². The van der Waals surface area contributed by atoms with Crippen LogP contribution in [0, 0.1) is 0 Å². The number of rotatable bonds is 7. The van der Waals surface area contributed by atoms with Crippen LogP contribution in [0.25, 0.3) is 10.9 Å². The van der Waals surface area contributed by atoms with Gasteiger partial charge in [-0.1, -0.05) is 0 Å². The van der Waals surface area contributed by atoms with Crippen LogP contribution in [0.3, 0.4) is 0 Å². The van der Waals surface area contributed by atoms with Crippen LogP contribution in [0.1, 0.15) is 24.8 Å². The summed E-state index contributed by atoms with van der Waals surface area (Å²) in [6.07, 6.45) is 4.62. The standard InChI is InChI=1S/C18H24N4O3/c19-18(25)16-2-1-8-22(16)9-7-20-17(24)6-3-12-11-21-15-5-4-13(23)10-14(12)15/h4-5,10-11,16,21,23H,1-3,6-9H2,(H2,19,25)(H,20,24)/t16-/m0/s1. The normalized spacial score (nSPS) is 17.8. The van der Waals surface area contributed by atoms with Crippen LogP contribution in [-0.4, -0.2) is 52.5 Å². The Bertz CT molecular complexity index is 771. The molecular formula is C18H24N4O3. The molecule has 7 heteroatoms. The summed E-state index contributed by atoms with van der Waals surface area (Å²) in [7, 11) is 0. The van der Waals surface area contributed by atoms with Gasteiger partial charge in [0.15, 0.2) is 0 Å². The highest BCUT2D eigenvalue weighted by molar-refractivity contribution is 5.85. The zero-order valence-electron chi connectivity index (χ0n) is 14.1. The number of aromatic hydroxyl groups is 1. The number of H-pyrrole nitrogens is 1. The molecule has 1 fully saturated rings. The molecule has 1 aromatic carbocycles. The van der Waals surface area contributed by atoms with Crippen molar-refractivity contribution in [1.82, 2.24) is 15.2 Å². The third-order valence-corrected chi connectivity index (χ3v) is 4.79. The fourth-order valence-corrected chi connectivity index (χ4v) is 3.46. The second kappa shape index (κ2) is 7.57. The second-order valence-electron chi connectivity index (χ2n) is 6.49. The molecule has 1 aromatic heterocycles. The number of fused-ring (bicyclic) bond motifs is 1. The molecule has 1 aliphatic heterocycles. The predicted octanol–water partition coefficient (Wildman–Crippen LogP) is 0.872. The third-order valence-electron chi connectivity index (χ3n) is 4.79. The van der Waals surface area contributed by atoms with Gasteiger partial charge in [0.2, 0.25) is 11.8 Å². The number of aromatic nitrogens is 1. The van der Waals surface area contributed by atoms with Crippen molar-refractivity contribution in [3.63, 3.8) is 0 Å². The van der Waals surface area contributed by atoms with Crippen molar-refractivity contribution in [3.05, 3.63) is 30.0 Å². The van der Waals surface area contributed by atoms with E-state index in [0.29, 0.717) is 25.9 Å². The van der Waals surface area contributed by atoms with E-state index >= 15 is 0 Å². The number of carbonyl (C=O) groups excluding carboxylic acids is 2. The lowest BCUT2D eigenvalue weighted by Crippen LogP contribution is -2.43. The van der Waals surface area contributed by atoms with Crippen molar-refractivity contribution in [1.29, 1.82) is 0 Å². The van der Waals surface area contributed by atoms with Crippen LogP contribution in [0.15, 0.2) is 24.4 Å². The SMILES string of the molecule is NC(=O)[C@@H]1CCCN1CCNC(=O)CCc1c[nH]c2ccc(O)cc12. The highest BCUT2D eigenvalue weighted by Crippen LogP contribution is 2.23. The number of benzene rings is 1. The van der Waals surface area contributed by atoms with Crippen molar-refractivity contribution in [3.8, 4) is 5.75 Å². The van der Waals surface area contributed by atoms with E-state index in [-0.39, 0.29) is 23.6 Å². The first kappa shape index (κ1) is 17.3. The minimum Gasteiger partial charge on any atom is -0.508 e. The number of hydrogen-bond acceptors (Lipinski definition) is 4. The average molecular weight is 344 g/mol. The summed E-state index contributed by atoms with van der Waals surface area (Å²) in [4.78, 5) is 28.6. The first-order valence-electron chi connectivity index (χ1n) is 8.63. The van der Waals surface area contributed by atoms with Gasteiger partial charge in [0.05, 0.1) is 6.04 Å². The van der Waals surface area contributed by atoms with Crippen molar-refractivity contribution < 1.29 is 14.7 Å². The van der Waals surface area contributed by atoms with Crippen LogP contribution < -0.4 is 11.1 Å². The minimum atomic E-state index is -0.286. The van der Waals surface area contributed by atoms with E-state index in [0.717, 1.165) is 35.9 Å². The Balaban J connectivity index is 1.45. The van der Waals surface area contributed by atoms with Crippen molar-refractivity contribution in [2.75, 3.05) is 19.6 Å². The molecule has 7 nitrogen and oxygen atoms in total. The Morgan fingerprint density at radius 3 is 3.04 bits per heavy atom. The molecule has 0 saturated carbocycles. The van der Waals surface area contributed by atoms with Crippen LogP contribution in [0.5, 0.6) is 5.75 Å². The van der Waals surface area contributed by atoms with E-state index in [4.69, 9.17) is 5.73 Å². The van der Waals surface area contributed by atoms with Crippen molar-refractivity contribution >= 4 is 22.7 Å². The quantitative estimate of drug-likeness (QED) is 0.597. The fraction of sp³-hybridized carbons (Fsp3) is 0.444. The third kappa shape index (κ3) is 4.11. The lowest BCUT2D eigenvalue weighted by molar-refractivity contribution is -0.122. The first-order chi connectivity index (χ1) is 12.0. The molecule has 0 spiro atoms. The Kier molecular flexibility index (Phi) is 5.23. The van der Waals surface area contributed by atoms with Crippen molar-refractivity contribution in [2.45, 2.75) is 31.7 Å². The zero-order valence-corrected chi connectivity index (χ0v) is 14.1. The molecule has 2 amide bonds. The topological polar surface area (TPSA) is 111 Å². The van der Waals surface area contributed by atoms with Crippen LogP contribution in [-0.2, 0) is 16.0 Å². The number of carbonyl (C=O) groups is 2. The number of nitrogens with two attached hydrogens (primary N) is 1. The maximum absolute atomic E-state index is 12.0. The van der Waals surface area contributed by atoms with Gasteiger partial charge in [-0.25, -0.2) is 0 Å². The number of primary amides is 1. The zero-order chi connectivity index (χ0) is 17.8. The Hall–Kier alpha value is -2.54. The molecule has 134 valence electrons. The van der Waals surface area contributed by atoms with E-state index in [2.05, 4.69) is 10.3 Å². The maximum atomic E-state index is 12.0. The number of phenolic OH excluding ortho intramolecular Hbond substituents is 1. The van der Waals surface area contributed by atoms with E-state index in [1.807, 2.05) is 17.2 Å². The lowest BCUT2D eigenvalue weighted by atomic mass is 10.1. The number of amides is 2. The first-order valence-corrected chi connectivity index (χ1v) is 8.63. The van der Waals surface area contributed by atoms with Gasteiger partial charge in [-0.3, -0.25) is 14.5 Å². The summed E-state index contributed by atoms with van der Waals surface area (Å²) in [6.45, 7) is 2.00. The molecule has 1 aliphatic rings. The van der Waals surface area contributed by atoms with E-state index in [9.17, 15) is 14.7 Å². The number of nitrogens with zero attached hydrogens (tertiary/aromatic N) is 1. The Morgan fingerprint density at radius 1 is 1.40 bits per heavy atom. The lowest BCUT2D eigenvalue weighted by Gasteiger charge is -2.21. The van der Waals surface area contributed by atoms with Crippen molar-refractivity contribution in [2.24, 2.45) is 5.73 Å². The van der Waals surface area contributed by atoms with Crippen LogP contribution in [0.2, 0.25) is 0 Å². The van der Waals surface area contributed by atoms with Gasteiger partial charge >= 0.3 is 0 Å². The monoisotopic (exact) mass is 344 g/mol. The van der Waals surface area contributed by atoms with E-state index < -0.39 is 0 Å². The Morgan fingerprint density at radius 2 is 2.24 bits per heavy atom. The highest BCUT2D eigenvalue weighted by Gasteiger charge is 2.28. The number of phenols is 1. The van der Waals surface area contributed by atoms with Gasteiger partial charge < -0.3 is 21.1 Å². The molecule has 5 N–H and O–H groups in total. The van der Waals surface area contributed by atoms with E-state index in [1.165, 1.54) is 0 Å². The average Bonchev–Trinajstić information content (AvgIpc) is 3.19. The predicted molar refractivity (Wildman–Crippen MR) is 95.1 cm³/mol. The largest absolute Gasteiger partial charge is 0.508 e. The number of hydrogen-bond donors (Lipinski definition) is 4. The number of likely N-dealkylation sites (tertiary alicyclic amines) is 1. The van der Waals surface area contributed by atoms with Gasteiger partial charge in [-0.15, -0.1) is 0 Å². The molecule has 0 radical (unpaired) electrons. The van der Waals surface area contributed by atoms with Gasteiger partial charge in [-0.2, -0.15) is 0 Å². The Labute approximate surface area is 146 Å². The number of aromatic amines is 1. The van der Waals surface area contributed by atoms with E-state index in [1.54, 1.807) is 12.1 Å². The molecule has 25 heavy (non-hydrogen) atoms. The number of aryl methyl sites for hydroxylation is 1. The molecule has 2 aromatic rings. The second-order valence-corrected chi connectivity index (χ2v) is 6.49. The van der Waals surface area contributed by atoms with Gasteiger partial charge in [0.25, 0.3) is 0 Å². The summed E-state index contributed by atoms with van der Waals surface area (Å²) in [5.74, 6) is -0.0943. The molecule has 0 unspecified atom stereocenters. The number of nitrogens with one attached hydrogen (secondary N) is 2. The van der Waals surface area contributed by atoms with Crippen LogP contribution in [0.4, 0.5) is 0 Å². The minimum absolute atomic E-state index is 0.0238. The summed E-state index contributed by atoms with van der Waals surface area (Å²) in [6, 6.07) is 4.96. The summed E-state index contributed by atoms with van der Waals surface area (Å²) >= 11 is 0. The molecule has 2 heterocycles. The highest BCUT2D eigenvalue weighted by atomic mass is 16.3. The molecule has 1 atom stereocenters. The molecule has 1 saturated heterocycles. The molecule has 0 aliphatic carbocycles.